The molecule has 3 unspecified atom stereocenters. The molecule has 2 heterocycles. The van der Waals surface area contributed by atoms with Crippen molar-refractivity contribution in [1.29, 1.82) is 0 Å². The first-order valence-corrected chi connectivity index (χ1v) is 18.1. The zero-order chi connectivity index (χ0) is 36.7. The number of piperidine rings is 1. The van der Waals surface area contributed by atoms with E-state index >= 15 is 0 Å². The number of fused-ring (bicyclic) bond motifs is 1. The number of hydrogen-bond donors (Lipinski definition) is 2. The number of ketones is 2. The van der Waals surface area contributed by atoms with E-state index in [4.69, 9.17) is 40.0 Å². The largest absolute Gasteiger partial charge is 0.507 e. The number of nitrogens with zero attached hydrogens (tertiary/aromatic N) is 1. The third kappa shape index (κ3) is 6.30. The van der Waals surface area contributed by atoms with Crippen LogP contribution in [0.15, 0.2) is 29.5 Å². The maximum Gasteiger partial charge on any atom is 0.231 e. The van der Waals surface area contributed by atoms with Crippen molar-refractivity contribution in [3.63, 3.8) is 0 Å². The lowest BCUT2D eigenvalue weighted by atomic mass is 9.69. The molecule has 0 radical (unpaired) electrons. The highest BCUT2D eigenvalue weighted by molar-refractivity contribution is 7.88. The summed E-state index contributed by atoms with van der Waals surface area (Å²) in [4.78, 5) is 42.2. The fourth-order valence-corrected chi connectivity index (χ4v) is 8.17. The van der Waals surface area contributed by atoms with Gasteiger partial charge in [0.1, 0.15) is 22.1 Å². The van der Waals surface area contributed by atoms with E-state index in [0.29, 0.717) is 18.4 Å². The molecule has 3 aliphatic rings. The fourth-order valence-electron chi connectivity index (χ4n) is 7.03. The number of hydrogen-bond acceptors (Lipinski definition) is 12. The second-order valence-corrected chi connectivity index (χ2v) is 14.8. The Bertz CT molecular complexity index is 1830. The molecule has 2 aliphatic heterocycles. The number of carbonyl (C=O) groups excluding carboxylic acids is 3. The van der Waals surface area contributed by atoms with Crippen molar-refractivity contribution >= 4 is 39.1 Å². The Balaban J connectivity index is 1.63. The molecule has 1 spiro atoms. The Hall–Kier alpha value is -4.21. The maximum absolute atomic E-state index is 14.4. The van der Waals surface area contributed by atoms with E-state index in [-0.39, 0.29) is 82.6 Å². The van der Waals surface area contributed by atoms with Gasteiger partial charge in [0, 0.05) is 55.4 Å². The topological polar surface area (TPSA) is 176 Å². The first-order chi connectivity index (χ1) is 23.7. The molecular weight excluding hydrogens is 696 g/mol. The highest BCUT2D eigenvalue weighted by Crippen LogP contribution is 2.56. The summed E-state index contributed by atoms with van der Waals surface area (Å²) in [7, 11) is 3.63. The summed E-state index contributed by atoms with van der Waals surface area (Å²) in [6, 6.07) is 4.24. The summed E-state index contributed by atoms with van der Waals surface area (Å²) in [5, 5.41) is 15.2. The molecule has 16 heteroatoms. The number of halogens is 1. The fraction of sp³-hybridized carbons (Fsp3) is 0.500. The summed E-state index contributed by atoms with van der Waals surface area (Å²) in [6.45, 7) is 2.08. The van der Waals surface area contributed by atoms with Gasteiger partial charge in [-0.3, -0.25) is 14.4 Å². The summed E-state index contributed by atoms with van der Waals surface area (Å²) >= 11 is 6.61. The van der Waals surface area contributed by atoms with Gasteiger partial charge in [-0.1, -0.05) is 18.5 Å². The molecule has 0 saturated carbocycles. The van der Waals surface area contributed by atoms with Crippen LogP contribution >= 0.6 is 11.6 Å². The van der Waals surface area contributed by atoms with Gasteiger partial charge in [0.25, 0.3) is 0 Å². The van der Waals surface area contributed by atoms with E-state index in [1.165, 1.54) is 45.9 Å². The van der Waals surface area contributed by atoms with E-state index in [0.717, 1.165) is 6.26 Å². The number of amides is 1. The Kier molecular flexibility index (Phi) is 10.5. The van der Waals surface area contributed by atoms with E-state index in [1.807, 2.05) is 0 Å². The van der Waals surface area contributed by atoms with Gasteiger partial charge < -0.3 is 38.8 Å². The van der Waals surface area contributed by atoms with E-state index in [9.17, 15) is 27.9 Å². The average Bonchev–Trinajstić information content (AvgIpc) is 3.40. The van der Waals surface area contributed by atoms with Crippen LogP contribution in [0.25, 0.3) is 0 Å². The van der Waals surface area contributed by atoms with Crippen molar-refractivity contribution in [2.75, 3.05) is 54.9 Å². The number of nitrogens with one attached hydrogen (secondary N) is 1. The van der Waals surface area contributed by atoms with Gasteiger partial charge in [0.15, 0.2) is 28.8 Å². The summed E-state index contributed by atoms with van der Waals surface area (Å²) in [5.74, 6) is -3.37. The first kappa shape index (κ1) is 37.1. The Morgan fingerprint density at radius 2 is 1.58 bits per heavy atom. The molecule has 1 aliphatic carbocycles. The predicted molar refractivity (Wildman–Crippen MR) is 182 cm³/mol. The maximum atomic E-state index is 14.4. The number of ether oxygens (including phenoxy) is 6. The van der Waals surface area contributed by atoms with Gasteiger partial charge in [-0.05, 0) is 30.5 Å². The Labute approximate surface area is 295 Å². The molecule has 14 nitrogen and oxygen atoms in total. The lowest BCUT2D eigenvalue weighted by Gasteiger charge is -2.39. The predicted octanol–water partition coefficient (Wildman–Crippen LogP) is 3.83. The minimum atomic E-state index is -3.38. The number of aliphatic hydroxyl groups excluding tert-OH is 1. The van der Waals surface area contributed by atoms with Crippen LogP contribution in [0.2, 0.25) is 5.02 Å². The second-order valence-electron chi connectivity index (χ2n) is 12.5. The molecule has 50 heavy (non-hydrogen) atoms. The molecule has 1 amide bonds. The van der Waals surface area contributed by atoms with E-state index in [2.05, 4.69) is 5.32 Å². The quantitative estimate of drug-likeness (QED) is 0.342. The van der Waals surface area contributed by atoms with Crippen molar-refractivity contribution < 1.29 is 56.3 Å². The number of rotatable bonds is 11. The van der Waals surface area contributed by atoms with Gasteiger partial charge in [-0.25, -0.2) is 12.7 Å². The second kappa shape index (κ2) is 14.2. The van der Waals surface area contributed by atoms with Crippen LogP contribution < -0.4 is 33.7 Å². The van der Waals surface area contributed by atoms with Crippen molar-refractivity contribution in [2.45, 2.75) is 50.2 Å². The van der Waals surface area contributed by atoms with Crippen LogP contribution in [0, 0.1) is 5.92 Å². The van der Waals surface area contributed by atoms with Gasteiger partial charge in [0.2, 0.25) is 33.1 Å². The van der Waals surface area contributed by atoms with Crippen LogP contribution in [0.5, 0.6) is 34.5 Å². The number of methoxy groups -OCH3 is 5. The van der Waals surface area contributed by atoms with Crippen molar-refractivity contribution in [3.8, 4) is 34.5 Å². The van der Waals surface area contributed by atoms with Crippen LogP contribution in [0.1, 0.15) is 54.4 Å². The number of allylic oxidation sites excluding steroid dienone is 1. The van der Waals surface area contributed by atoms with Crippen LogP contribution in [-0.2, 0) is 19.6 Å². The number of carbonyl (C=O) groups is 3. The third-order valence-electron chi connectivity index (χ3n) is 9.63. The van der Waals surface area contributed by atoms with E-state index < -0.39 is 50.7 Å². The smallest absolute Gasteiger partial charge is 0.231 e. The third-order valence-corrected chi connectivity index (χ3v) is 11.3. The number of sulfonamides is 1. The summed E-state index contributed by atoms with van der Waals surface area (Å²) < 4.78 is 59.1. The lowest BCUT2D eigenvalue weighted by molar-refractivity contribution is -0.122. The molecule has 272 valence electrons. The van der Waals surface area contributed by atoms with Gasteiger partial charge in [-0.2, -0.15) is 0 Å². The molecule has 1 saturated heterocycles. The minimum absolute atomic E-state index is 0.0190. The molecule has 0 bridgehead atoms. The molecular formula is C34H41ClN2O12S. The van der Waals surface area contributed by atoms with Crippen LogP contribution in [0.3, 0.4) is 0 Å². The SMILES string of the molecule is COc1cc(OC)c2c(c1Cl)OC1(C2=O)C(O)=C(C(CC(=O)NC2CCN(S(C)(=O)=O)CC2)c2cc(OC)c(OC)c(OC)c2)C(=O)CC1C. The normalized spacial score (nSPS) is 21.8. The molecule has 2 N–H and O–H groups in total. The van der Waals surface area contributed by atoms with Crippen LogP contribution in [0.4, 0.5) is 0 Å². The molecule has 2 aromatic carbocycles. The molecule has 3 atom stereocenters. The lowest BCUT2D eigenvalue weighted by Crippen LogP contribution is -2.53. The standard InChI is InChI=1S/C34H41ClN2O12S/c1-17-12-21(38)27(32(40)34(17)33(41)28-22(44-2)16-23(45-3)29(35)31(28)49-34)20(18-13-24(46-4)30(48-6)25(14-18)47-5)15-26(39)36-19-8-10-37(11-9-19)50(7,42)43/h13-14,16-17,19-20,40H,8-12,15H2,1-7H3,(H,36,39). The minimum Gasteiger partial charge on any atom is -0.507 e. The van der Waals surface area contributed by atoms with Crippen molar-refractivity contribution in [2.24, 2.45) is 5.92 Å². The number of aliphatic hydroxyl groups is 1. The van der Waals surface area contributed by atoms with Crippen molar-refractivity contribution in [1.82, 2.24) is 9.62 Å². The average molecular weight is 737 g/mol. The molecule has 1 fully saturated rings. The summed E-state index contributed by atoms with van der Waals surface area (Å²) in [6.07, 6.45) is 1.34. The Morgan fingerprint density at radius 3 is 2.10 bits per heavy atom. The first-order valence-electron chi connectivity index (χ1n) is 15.9. The number of Topliss-reactive ketones (excluding diaryl/α,β-unsaturated/α-hetero) is 2. The van der Waals surface area contributed by atoms with Crippen LogP contribution in [-0.4, -0.2) is 102 Å². The van der Waals surface area contributed by atoms with Crippen molar-refractivity contribution in [3.05, 3.63) is 45.7 Å². The highest BCUT2D eigenvalue weighted by atomic mass is 35.5. The van der Waals surface area contributed by atoms with Gasteiger partial charge in [-0.15, -0.1) is 0 Å². The zero-order valence-electron chi connectivity index (χ0n) is 28.9. The number of benzene rings is 2. The van der Waals surface area contributed by atoms with Gasteiger partial charge in [0.05, 0.1) is 41.8 Å². The Morgan fingerprint density at radius 1 is 1.00 bits per heavy atom. The molecule has 5 rings (SSSR count). The zero-order valence-corrected chi connectivity index (χ0v) is 30.5. The van der Waals surface area contributed by atoms with Gasteiger partial charge >= 0.3 is 0 Å². The highest BCUT2D eigenvalue weighted by Gasteiger charge is 2.61. The summed E-state index contributed by atoms with van der Waals surface area (Å²) in [5.41, 5.74) is -1.96. The van der Waals surface area contributed by atoms with E-state index in [1.54, 1.807) is 19.1 Å². The monoisotopic (exact) mass is 736 g/mol. The molecule has 2 aromatic rings. The molecule has 0 aromatic heterocycles.